The van der Waals surface area contributed by atoms with Gasteiger partial charge in [-0.3, -0.25) is 4.79 Å². The fourth-order valence-corrected chi connectivity index (χ4v) is 3.05. The van der Waals surface area contributed by atoms with Crippen LogP contribution in [0.2, 0.25) is 0 Å². The number of carbonyl (C=O) groups is 1. The van der Waals surface area contributed by atoms with E-state index in [1.807, 2.05) is 0 Å². The van der Waals surface area contributed by atoms with Crippen molar-refractivity contribution < 1.29 is 14.3 Å². The number of amides is 1. The third-order valence-corrected chi connectivity index (χ3v) is 3.93. The topological polar surface area (TPSA) is 62.2 Å². The van der Waals surface area contributed by atoms with Crippen LogP contribution in [0.5, 0.6) is 0 Å². The van der Waals surface area contributed by atoms with Crippen molar-refractivity contribution in [3.8, 4) is 0 Å². The average Bonchev–Trinajstić information content (AvgIpc) is 2.37. The smallest absolute Gasteiger partial charge is 0.270 e. The van der Waals surface area contributed by atoms with Gasteiger partial charge in [0.1, 0.15) is 5.69 Å². The van der Waals surface area contributed by atoms with Crippen molar-refractivity contribution in [1.82, 2.24) is 10.3 Å². The molecule has 18 heavy (non-hydrogen) atoms. The van der Waals surface area contributed by atoms with E-state index < -0.39 is 17.5 Å². The number of halogens is 1. The summed E-state index contributed by atoms with van der Waals surface area (Å²) in [6.45, 7) is 0.185. The summed E-state index contributed by atoms with van der Waals surface area (Å²) in [5, 5.41) is 12.8. The molecule has 2 heterocycles. The number of aliphatic hydroxyl groups is 1. The second-order valence-corrected chi connectivity index (χ2v) is 5.59. The van der Waals surface area contributed by atoms with Crippen molar-refractivity contribution in [2.75, 3.05) is 18.1 Å². The Morgan fingerprint density at radius 1 is 1.50 bits per heavy atom. The minimum atomic E-state index is -0.839. The summed E-state index contributed by atoms with van der Waals surface area (Å²) in [4.78, 5) is 15.2. The van der Waals surface area contributed by atoms with E-state index in [0.29, 0.717) is 12.8 Å². The number of hydrogen-bond acceptors (Lipinski definition) is 4. The van der Waals surface area contributed by atoms with Crippen LogP contribution in [0.15, 0.2) is 18.2 Å². The van der Waals surface area contributed by atoms with Crippen molar-refractivity contribution in [3.63, 3.8) is 0 Å². The van der Waals surface area contributed by atoms with E-state index in [2.05, 4.69) is 10.3 Å². The van der Waals surface area contributed by atoms with Gasteiger partial charge >= 0.3 is 0 Å². The first kappa shape index (κ1) is 13.3. The Bertz CT molecular complexity index is 436. The van der Waals surface area contributed by atoms with E-state index in [1.54, 1.807) is 11.8 Å². The molecule has 0 bridgehead atoms. The minimum absolute atomic E-state index is 0.0313. The number of nitrogens with zero attached hydrogens (tertiary/aromatic N) is 1. The van der Waals surface area contributed by atoms with Crippen LogP contribution in [0.4, 0.5) is 4.39 Å². The molecule has 6 heteroatoms. The van der Waals surface area contributed by atoms with Crippen LogP contribution < -0.4 is 5.32 Å². The molecule has 1 saturated heterocycles. The van der Waals surface area contributed by atoms with E-state index in [-0.39, 0.29) is 12.2 Å². The molecule has 1 fully saturated rings. The molecule has 2 rings (SSSR count). The van der Waals surface area contributed by atoms with Gasteiger partial charge in [-0.1, -0.05) is 6.07 Å². The molecule has 0 radical (unpaired) electrons. The standard InChI is InChI=1S/C12H15FN2O2S/c13-10-3-1-2-9(15-10)11(16)14-8-12(17)4-6-18-7-5-12/h1-3,17H,4-8H2,(H,14,16). The number of rotatable bonds is 3. The lowest BCUT2D eigenvalue weighted by Crippen LogP contribution is -2.45. The monoisotopic (exact) mass is 270 g/mol. The summed E-state index contributed by atoms with van der Waals surface area (Å²) in [6, 6.07) is 4.06. The van der Waals surface area contributed by atoms with Crippen LogP contribution in [-0.4, -0.2) is 39.6 Å². The molecular formula is C12H15FN2O2S. The molecule has 0 atom stereocenters. The zero-order valence-corrected chi connectivity index (χ0v) is 10.7. The summed E-state index contributed by atoms with van der Waals surface area (Å²) in [6.07, 6.45) is 1.32. The number of nitrogens with one attached hydrogen (secondary N) is 1. The molecule has 0 aliphatic carbocycles. The molecule has 0 spiro atoms. The SMILES string of the molecule is O=C(NCC1(O)CCSCC1)c1cccc(F)n1. The summed E-state index contributed by atoms with van der Waals surface area (Å²) in [7, 11) is 0. The fourth-order valence-electron chi connectivity index (χ4n) is 1.80. The Morgan fingerprint density at radius 2 is 2.22 bits per heavy atom. The van der Waals surface area contributed by atoms with Gasteiger partial charge in [-0.2, -0.15) is 16.2 Å². The zero-order valence-electron chi connectivity index (χ0n) is 9.86. The fraction of sp³-hybridized carbons (Fsp3) is 0.500. The average molecular weight is 270 g/mol. The van der Waals surface area contributed by atoms with Crippen molar-refractivity contribution in [3.05, 3.63) is 29.8 Å². The quantitative estimate of drug-likeness (QED) is 0.810. The van der Waals surface area contributed by atoms with Crippen LogP contribution in [0, 0.1) is 5.95 Å². The molecular weight excluding hydrogens is 255 g/mol. The first-order chi connectivity index (χ1) is 8.59. The van der Waals surface area contributed by atoms with Crippen molar-refractivity contribution >= 4 is 17.7 Å². The van der Waals surface area contributed by atoms with E-state index in [1.165, 1.54) is 18.2 Å². The van der Waals surface area contributed by atoms with Crippen molar-refractivity contribution in [2.24, 2.45) is 0 Å². The molecule has 1 amide bonds. The zero-order chi connectivity index (χ0) is 13.0. The molecule has 1 aromatic heterocycles. The normalized spacial score (nSPS) is 18.3. The summed E-state index contributed by atoms with van der Waals surface area (Å²) >= 11 is 1.80. The van der Waals surface area contributed by atoms with Crippen molar-refractivity contribution in [2.45, 2.75) is 18.4 Å². The maximum absolute atomic E-state index is 12.9. The highest BCUT2D eigenvalue weighted by Gasteiger charge is 2.30. The number of pyridine rings is 1. The van der Waals surface area contributed by atoms with E-state index in [9.17, 15) is 14.3 Å². The third kappa shape index (κ3) is 3.43. The second-order valence-electron chi connectivity index (χ2n) is 4.36. The molecule has 2 N–H and O–H groups in total. The Morgan fingerprint density at radius 3 is 2.89 bits per heavy atom. The first-order valence-corrected chi connectivity index (χ1v) is 6.95. The third-order valence-electron chi connectivity index (χ3n) is 2.95. The van der Waals surface area contributed by atoms with Crippen LogP contribution in [-0.2, 0) is 0 Å². The van der Waals surface area contributed by atoms with Gasteiger partial charge in [0.25, 0.3) is 5.91 Å². The maximum atomic E-state index is 12.9. The lowest BCUT2D eigenvalue weighted by molar-refractivity contribution is 0.0310. The van der Waals surface area contributed by atoms with Gasteiger partial charge in [-0.05, 0) is 36.5 Å². The van der Waals surface area contributed by atoms with Gasteiger partial charge in [0.15, 0.2) is 0 Å². The van der Waals surface area contributed by atoms with Gasteiger partial charge in [-0.15, -0.1) is 0 Å². The Labute approximate surface area is 109 Å². The van der Waals surface area contributed by atoms with E-state index >= 15 is 0 Å². The number of aromatic nitrogens is 1. The highest BCUT2D eigenvalue weighted by atomic mass is 32.2. The molecule has 4 nitrogen and oxygen atoms in total. The van der Waals surface area contributed by atoms with Crippen LogP contribution in [0.1, 0.15) is 23.3 Å². The first-order valence-electron chi connectivity index (χ1n) is 5.80. The summed E-state index contributed by atoms with van der Waals surface area (Å²) in [5.74, 6) is 0.645. The number of thioether (sulfide) groups is 1. The molecule has 0 unspecified atom stereocenters. The molecule has 98 valence electrons. The minimum Gasteiger partial charge on any atom is -0.388 e. The van der Waals surface area contributed by atoms with Crippen molar-refractivity contribution in [1.29, 1.82) is 0 Å². The van der Waals surface area contributed by atoms with Gasteiger partial charge in [0, 0.05) is 6.54 Å². The van der Waals surface area contributed by atoms with Gasteiger partial charge in [0.05, 0.1) is 5.60 Å². The molecule has 0 saturated carbocycles. The predicted molar refractivity (Wildman–Crippen MR) is 68.0 cm³/mol. The van der Waals surface area contributed by atoms with Crippen LogP contribution in [0.25, 0.3) is 0 Å². The van der Waals surface area contributed by atoms with Gasteiger partial charge in [0.2, 0.25) is 5.95 Å². The summed E-state index contributed by atoms with van der Waals surface area (Å²) in [5.41, 5.74) is -0.808. The van der Waals surface area contributed by atoms with Gasteiger partial charge < -0.3 is 10.4 Å². The molecule has 0 aromatic carbocycles. The van der Waals surface area contributed by atoms with E-state index in [0.717, 1.165) is 11.5 Å². The lowest BCUT2D eigenvalue weighted by Gasteiger charge is -2.31. The number of carbonyl (C=O) groups excluding carboxylic acids is 1. The Kier molecular flexibility index (Phi) is 4.19. The predicted octanol–water partition coefficient (Wildman–Crippen LogP) is 1.21. The second kappa shape index (κ2) is 5.67. The van der Waals surface area contributed by atoms with Gasteiger partial charge in [-0.25, -0.2) is 4.98 Å². The lowest BCUT2D eigenvalue weighted by atomic mass is 9.97. The maximum Gasteiger partial charge on any atom is 0.270 e. The molecule has 1 aliphatic rings. The molecule has 1 aromatic rings. The van der Waals surface area contributed by atoms with Crippen LogP contribution >= 0.6 is 11.8 Å². The highest BCUT2D eigenvalue weighted by molar-refractivity contribution is 7.99. The molecule has 1 aliphatic heterocycles. The highest BCUT2D eigenvalue weighted by Crippen LogP contribution is 2.26. The van der Waals surface area contributed by atoms with Crippen LogP contribution in [0.3, 0.4) is 0 Å². The Hall–Kier alpha value is -1.14. The number of hydrogen-bond donors (Lipinski definition) is 2. The largest absolute Gasteiger partial charge is 0.388 e. The summed E-state index contributed by atoms with van der Waals surface area (Å²) < 4.78 is 12.9. The van der Waals surface area contributed by atoms with E-state index in [4.69, 9.17) is 0 Å². The Balaban J connectivity index is 1.92.